The second kappa shape index (κ2) is 5.76. The van der Waals surface area contributed by atoms with Crippen molar-refractivity contribution in [2.24, 2.45) is 5.73 Å². The molecule has 0 aliphatic rings. The first-order valence-electron chi connectivity index (χ1n) is 6.12. The number of benzene rings is 1. The lowest BCUT2D eigenvalue weighted by molar-refractivity contribution is -0.174. The van der Waals surface area contributed by atoms with Crippen molar-refractivity contribution in [2.75, 3.05) is 13.2 Å². The van der Waals surface area contributed by atoms with Gasteiger partial charge in [-0.25, -0.2) is 0 Å². The Morgan fingerprint density at radius 2 is 2.00 bits per heavy atom. The predicted molar refractivity (Wildman–Crippen MR) is 70.3 cm³/mol. The van der Waals surface area contributed by atoms with E-state index in [1.807, 2.05) is 25.1 Å². The molecule has 0 bridgehead atoms. The van der Waals surface area contributed by atoms with Gasteiger partial charge in [0.1, 0.15) is 6.61 Å². The number of rotatable bonds is 4. The number of aryl methyl sites for hydroxylation is 1. The summed E-state index contributed by atoms with van der Waals surface area (Å²) in [6.45, 7) is 0.434. The third-order valence-electron chi connectivity index (χ3n) is 2.84. The van der Waals surface area contributed by atoms with Gasteiger partial charge in [-0.2, -0.15) is 13.2 Å². The van der Waals surface area contributed by atoms with Crippen LogP contribution in [0.2, 0.25) is 0 Å². The largest absolute Gasteiger partial charge is 0.411 e. The molecule has 108 valence electrons. The van der Waals surface area contributed by atoms with E-state index in [2.05, 4.69) is 9.72 Å². The summed E-state index contributed by atoms with van der Waals surface area (Å²) in [6.07, 6.45) is -4.33. The van der Waals surface area contributed by atoms with Crippen molar-refractivity contribution in [3.05, 3.63) is 41.6 Å². The maximum atomic E-state index is 12.0. The summed E-state index contributed by atoms with van der Waals surface area (Å²) < 4.78 is 40.5. The zero-order chi connectivity index (χ0) is 14.8. The highest BCUT2D eigenvalue weighted by atomic mass is 19.4. The van der Waals surface area contributed by atoms with Gasteiger partial charge in [-0.15, -0.1) is 0 Å². The van der Waals surface area contributed by atoms with Gasteiger partial charge in [0.15, 0.2) is 0 Å². The van der Waals surface area contributed by atoms with E-state index in [1.54, 1.807) is 12.1 Å². The van der Waals surface area contributed by atoms with Crippen LogP contribution in [0.5, 0.6) is 0 Å². The average Bonchev–Trinajstić information content (AvgIpc) is 2.36. The van der Waals surface area contributed by atoms with E-state index in [0.717, 1.165) is 22.2 Å². The first kappa shape index (κ1) is 14.7. The third kappa shape index (κ3) is 3.91. The number of ether oxygens (including phenoxy) is 1. The van der Waals surface area contributed by atoms with Crippen molar-refractivity contribution in [1.29, 1.82) is 0 Å². The topological polar surface area (TPSA) is 48.1 Å². The normalized spacial score (nSPS) is 13.7. The van der Waals surface area contributed by atoms with Crippen LogP contribution in [0.1, 0.15) is 17.3 Å². The van der Waals surface area contributed by atoms with Gasteiger partial charge in [-0.1, -0.05) is 12.1 Å². The van der Waals surface area contributed by atoms with E-state index in [4.69, 9.17) is 5.73 Å². The van der Waals surface area contributed by atoms with Crippen LogP contribution in [0.25, 0.3) is 10.9 Å². The molecule has 0 aliphatic heterocycles. The molecule has 0 radical (unpaired) electrons. The minimum Gasteiger partial charge on any atom is -0.370 e. The lowest BCUT2D eigenvalue weighted by atomic mass is 10.1. The molecule has 20 heavy (non-hydrogen) atoms. The average molecular weight is 284 g/mol. The number of aromatic nitrogens is 1. The summed E-state index contributed by atoms with van der Waals surface area (Å²) in [5.74, 6) is 0. The van der Waals surface area contributed by atoms with Gasteiger partial charge in [0, 0.05) is 11.1 Å². The molecule has 2 aromatic rings. The van der Waals surface area contributed by atoms with Gasteiger partial charge in [0.25, 0.3) is 0 Å². The molecule has 6 heteroatoms. The van der Waals surface area contributed by atoms with Gasteiger partial charge < -0.3 is 10.5 Å². The van der Waals surface area contributed by atoms with Gasteiger partial charge in [-0.05, 0) is 30.7 Å². The van der Waals surface area contributed by atoms with Crippen molar-refractivity contribution in [2.45, 2.75) is 19.1 Å². The van der Waals surface area contributed by atoms with Crippen LogP contribution in [0.15, 0.2) is 30.3 Å². The molecule has 1 atom stereocenters. The summed E-state index contributed by atoms with van der Waals surface area (Å²) in [7, 11) is 0. The minimum absolute atomic E-state index is 0.176. The van der Waals surface area contributed by atoms with Crippen LogP contribution in [0.3, 0.4) is 0 Å². The smallest absolute Gasteiger partial charge is 0.370 e. The standard InChI is InChI=1S/C14H15F3N2O/c1-9-2-3-11-6-10(4-5-13(11)19-9)12(18)7-20-8-14(15,16)17/h2-6,12H,7-8,18H2,1H3. The molecule has 0 saturated carbocycles. The Hall–Kier alpha value is -1.66. The van der Waals surface area contributed by atoms with Crippen molar-refractivity contribution in [3.63, 3.8) is 0 Å². The Kier molecular flexibility index (Phi) is 4.25. The van der Waals surface area contributed by atoms with Crippen LogP contribution in [0, 0.1) is 6.92 Å². The van der Waals surface area contributed by atoms with Crippen LogP contribution >= 0.6 is 0 Å². The molecule has 0 aliphatic carbocycles. The van der Waals surface area contributed by atoms with E-state index in [9.17, 15) is 13.2 Å². The zero-order valence-electron chi connectivity index (χ0n) is 10.9. The zero-order valence-corrected chi connectivity index (χ0v) is 10.9. The van der Waals surface area contributed by atoms with Crippen molar-refractivity contribution in [3.8, 4) is 0 Å². The quantitative estimate of drug-likeness (QED) is 0.938. The Morgan fingerprint density at radius 1 is 1.25 bits per heavy atom. The van der Waals surface area contributed by atoms with Crippen molar-refractivity contribution < 1.29 is 17.9 Å². The summed E-state index contributed by atoms with van der Waals surface area (Å²) in [6, 6.07) is 8.58. The fourth-order valence-electron chi connectivity index (χ4n) is 1.87. The van der Waals surface area contributed by atoms with Gasteiger partial charge in [-0.3, -0.25) is 4.98 Å². The summed E-state index contributed by atoms with van der Waals surface area (Å²) in [5.41, 5.74) is 8.30. The van der Waals surface area contributed by atoms with Crippen LogP contribution in [-0.4, -0.2) is 24.4 Å². The molecule has 0 fully saturated rings. The Balaban J connectivity index is 2.06. The Labute approximate surface area is 114 Å². The van der Waals surface area contributed by atoms with E-state index in [1.165, 1.54) is 0 Å². The van der Waals surface area contributed by atoms with Gasteiger partial charge in [0.05, 0.1) is 18.2 Å². The number of fused-ring (bicyclic) bond motifs is 1. The maximum Gasteiger partial charge on any atom is 0.411 e. The SMILES string of the molecule is Cc1ccc2cc(C(N)COCC(F)(F)F)ccc2n1. The van der Waals surface area contributed by atoms with Crippen molar-refractivity contribution in [1.82, 2.24) is 4.98 Å². The molecule has 0 spiro atoms. The highest BCUT2D eigenvalue weighted by molar-refractivity contribution is 5.79. The van der Waals surface area contributed by atoms with E-state index in [0.29, 0.717) is 0 Å². The molecular weight excluding hydrogens is 269 g/mol. The molecule has 3 nitrogen and oxygen atoms in total. The second-order valence-electron chi connectivity index (χ2n) is 4.64. The van der Waals surface area contributed by atoms with Crippen molar-refractivity contribution >= 4 is 10.9 Å². The number of nitrogens with zero attached hydrogens (tertiary/aromatic N) is 1. The first-order valence-corrected chi connectivity index (χ1v) is 6.12. The molecule has 2 rings (SSSR count). The molecule has 1 unspecified atom stereocenters. The summed E-state index contributed by atoms with van der Waals surface area (Å²) >= 11 is 0. The van der Waals surface area contributed by atoms with Gasteiger partial charge in [0.2, 0.25) is 0 Å². The molecule has 1 aromatic heterocycles. The summed E-state index contributed by atoms with van der Waals surface area (Å²) in [5, 5.41) is 0.902. The molecule has 0 amide bonds. The number of pyridine rings is 1. The van der Waals surface area contributed by atoms with Gasteiger partial charge >= 0.3 is 6.18 Å². The van der Waals surface area contributed by atoms with E-state index >= 15 is 0 Å². The molecule has 0 saturated heterocycles. The fourth-order valence-corrected chi connectivity index (χ4v) is 1.87. The highest BCUT2D eigenvalue weighted by Crippen LogP contribution is 2.20. The first-order chi connectivity index (χ1) is 9.35. The lowest BCUT2D eigenvalue weighted by Gasteiger charge is -2.14. The number of hydrogen-bond acceptors (Lipinski definition) is 3. The number of nitrogens with two attached hydrogens (primary N) is 1. The maximum absolute atomic E-state index is 12.0. The molecule has 1 aromatic carbocycles. The second-order valence-corrected chi connectivity index (χ2v) is 4.64. The number of alkyl halides is 3. The Bertz CT molecular complexity index is 598. The highest BCUT2D eigenvalue weighted by Gasteiger charge is 2.27. The molecule has 2 N–H and O–H groups in total. The van der Waals surface area contributed by atoms with E-state index < -0.39 is 18.8 Å². The number of hydrogen-bond donors (Lipinski definition) is 1. The lowest BCUT2D eigenvalue weighted by Crippen LogP contribution is -2.23. The number of halogens is 3. The molecule has 1 heterocycles. The van der Waals surface area contributed by atoms with Crippen LogP contribution in [0.4, 0.5) is 13.2 Å². The summed E-state index contributed by atoms with van der Waals surface area (Å²) in [4.78, 5) is 4.35. The monoisotopic (exact) mass is 284 g/mol. The van der Waals surface area contributed by atoms with Crippen LogP contribution in [-0.2, 0) is 4.74 Å². The molecular formula is C14H15F3N2O. The third-order valence-corrected chi connectivity index (χ3v) is 2.84. The van der Waals surface area contributed by atoms with Crippen LogP contribution < -0.4 is 5.73 Å². The fraction of sp³-hybridized carbons (Fsp3) is 0.357. The van der Waals surface area contributed by atoms with E-state index in [-0.39, 0.29) is 6.61 Å². The Morgan fingerprint density at radius 3 is 2.70 bits per heavy atom. The minimum atomic E-state index is -4.33. The predicted octanol–water partition coefficient (Wildman–Crippen LogP) is 3.12.